The summed E-state index contributed by atoms with van der Waals surface area (Å²) in [7, 11) is 0. The number of halogens is 4. The van der Waals surface area contributed by atoms with Crippen LogP contribution in [0.5, 0.6) is 0 Å². The zero-order valence-electron chi connectivity index (χ0n) is 9.92. The van der Waals surface area contributed by atoms with Crippen molar-refractivity contribution >= 4 is 24.2 Å². The molecule has 1 unspecified atom stereocenters. The van der Waals surface area contributed by atoms with E-state index >= 15 is 0 Å². The summed E-state index contributed by atoms with van der Waals surface area (Å²) >= 11 is 9.97. The Morgan fingerprint density at radius 3 is 2.42 bits per heavy atom. The van der Waals surface area contributed by atoms with Crippen LogP contribution in [0.15, 0.2) is 30.3 Å². The lowest BCUT2D eigenvalue weighted by atomic mass is 10.00. The molecular formula is C14H10ClF3S. The Bertz CT molecular complexity index is 603. The van der Waals surface area contributed by atoms with Gasteiger partial charge < -0.3 is 0 Å². The second kappa shape index (κ2) is 5.47. The zero-order chi connectivity index (χ0) is 14.2. The summed E-state index contributed by atoms with van der Waals surface area (Å²) in [5.74, 6) is -2.30. The molecule has 0 saturated carbocycles. The maximum Gasteiger partial charge on any atom is 0.135 e. The van der Waals surface area contributed by atoms with Crippen molar-refractivity contribution in [1.82, 2.24) is 0 Å². The summed E-state index contributed by atoms with van der Waals surface area (Å²) in [5.41, 5.74) is 0.193. The minimum Gasteiger partial charge on any atom is -0.207 e. The standard InChI is InChI=1S/C14H10ClF3S/c1-7(19)9-3-2-4-10(14(9)18)13-11(15)5-8(16)6-12(13)17/h2-7,19H,1H3. The number of rotatable bonds is 2. The van der Waals surface area contributed by atoms with Crippen molar-refractivity contribution in [3.63, 3.8) is 0 Å². The van der Waals surface area contributed by atoms with Gasteiger partial charge in [-0.25, -0.2) is 13.2 Å². The molecule has 1 atom stereocenters. The molecule has 0 saturated heterocycles. The van der Waals surface area contributed by atoms with Gasteiger partial charge in [0.05, 0.1) is 5.02 Å². The molecule has 0 bridgehead atoms. The van der Waals surface area contributed by atoms with Crippen LogP contribution in [0.1, 0.15) is 17.7 Å². The fourth-order valence-corrected chi connectivity index (χ4v) is 2.36. The average molecular weight is 303 g/mol. The van der Waals surface area contributed by atoms with E-state index in [4.69, 9.17) is 11.6 Å². The molecule has 100 valence electrons. The Morgan fingerprint density at radius 1 is 1.16 bits per heavy atom. The van der Waals surface area contributed by atoms with Crippen molar-refractivity contribution in [2.45, 2.75) is 12.2 Å². The van der Waals surface area contributed by atoms with E-state index in [1.54, 1.807) is 19.1 Å². The quantitative estimate of drug-likeness (QED) is 0.704. The van der Waals surface area contributed by atoms with E-state index in [2.05, 4.69) is 12.6 Å². The third-order valence-electron chi connectivity index (χ3n) is 2.75. The summed E-state index contributed by atoms with van der Waals surface area (Å²) in [5, 5.41) is -0.511. The van der Waals surface area contributed by atoms with Gasteiger partial charge >= 0.3 is 0 Å². The van der Waals surface area contributed by atoms with Gasteiger partial charge in [0.1, 0.15) is 17.5 Å². The van der Waals surface area contributed by atoms with Crippen molar-refractivity contribution in [2.75, 3.05) is 0 Å². The molecule has 19 heavy (non-hydrogen) atoms. The summed E-state index contributed by atoms with van der Waals surface area (Å²) in [4.78, 5) is 0. The van der Waals surface area contributed by atoms with Gasteiger partial charge in [0.15, 0.2) is 0 Å². The van der Waals surface area contributed by atoms with Crippen LogP contribution in [0.3, 0.4) is 0 Å². The van der Waals surface area contributed by atoms with Crippen LogP contribution in [-0.4, -0.2) is 0 Å². The van der Waals surface area contributed by atoms with E-state index in [0.717, 1.165) is 6.07 Å². The maximum absolute atomic E-state index is 14.3. The van der Waals surface area contributed by atoms with Gasteiger partial charge in [-0.2, -0.15) is 12.6 Å². The lowest BCUT2D eigenvalue weighted by Gasteiger charge is -2.12. The Kier molecular flexibility index (Phi) is 4.11. The Hall–Kier alpha value is -1.13. The van der Waals surface area contributed by atoms with Crippen molar-refractivity contribution in [3.8, 4) is 11.1 Å². The first-order valence-electron chi connectivity index (χ1n) is 5.53. The first-order chi connectivity index (χ1) is 8.91. The molecule has 0 N–H and O–H groups in total. The molecule has 2 aromatic carbocycles. The van der Waals surface area contributed by atoms with E-state index in [1.807, 2.05) is 0 Å². The second-order valence-electron chi connectivity index (χ2n) is 4.13. The minimum atomic E-state index is -0.895. The number of benzene rings is 2. The number of hydrogen-bond acceptors (Lipinski definition) is 1. The van der Waals surface area contributed by atoms with Crippen LogP contribution in [-0.2, 0) is 0 Å². The third kappa shape index (κ3) is 2.74. The summed E-state index contributed by atoms with van der Waals surface area (Å²) in [6.45, 7) is 1.70. The zero-order valence-corrected chi connectivity index (χ0v) is 11.6. The average Bonchev–Trinajstić information content (AvgIpc) is 2.29. The van der Waals surface area contributed by atoms with Crippen LogP contribution in [0.4, 0.5) is 13.2 Å². The fraction of sp³-hybridized carbons (Fsp3) is 0.143. The van der Waals surface area contributed by atoms with Gasteiger partial charge in [0.2, 0.25) is 0 Å². The Balaban J connectivity index is 2.70. The van der Waals surface area contributed by atoms with Crippen LogP contribution in [0.25, 0.3) is 11.1 Å². The molecule has 0 amide bonds. The molecule has 2 rings (SSSR count). The third-order valence-corrected chi connectivity index (χ3v) is 3.33. The Labute approximate surface area is 119 Å². The fourth-order valence-electron chi connectivity index (χ4n) is 1.87. The van der Waals surface area contributed by atoms with Gasteiger partial charge in [-0.3, -0.25) is 0 Å². The van der Waals surface area contributed by atoms with Gasteiger partial charge in [0, 0.05) is 28.0 Å². The molecule has 0 fully saturated rings. The summed E-state index contributed by atoms with van der Waals surface area (Å²) < 4.78 is 41.1. The molecule has 0 aliphatic heterocycles. The molecule has 0 spiro atoms. The van der Waals surface area contributed by atoms with Crippen molar-refractivity contribution in [2.24, 2.45) is 0 Å². The molecule has 0 aliphatic carbocycles. The second-order valence-corrected chi connectivity index (χ2v) is 5.31. The normalized spacial score (nSPS) is 12.5. The number of hydrogen-bond donors (Lipinski definition) is 1. The molecule has 2 aromatic rings. The SMILES string of the molecule is CC(S)c1cccc(-c2c(F)cc(F)cc2Cl)c1F. The monoisotopic (exact) mass is 302 g/mol. The lowest BCUT2D eigenvalue weighted by molar-refractivity contribution is 0.581. The molecule has 0 nitrogen and oxygen atoms in total. The van der Waals surface area contributed by atoms with Crippen LogP contribution in [0, 0.1) is 17.5 Å². The van der Waals surface area contributed by atoms with Crippen LogP contribution in [0.2, 0.25) is 5.02 Å². The highest BCUT2D eigenvalue weighted by Crippen LogP contribution is 2.36. The summed E-state index contributed by atoms with van der Waals surface area (Å²) in [6.07, 6.45) is 0. The van der Waals surface area contributed by atoms with Crippen LogP contribution < -0.4 is 0 Å². The lowest BCUT2D eigenvalue weighted by Crippen LogP contribution is -1.97. The highest BCUT2D eigenvalue weighted by atomic mass is 35.5. The van der Waals surface area contributed by atoms with Crippen molar-refractivity contribution < 1.29 is 13.2 Å². The van der Waals surface area contributed by atoms with Crippen molar-refractivity contribution in [1.29, 1.82) is 0 Å². The Morgan fingerprint density at radius 2 is 1.84 bits per heavy atom. The molecule has 0 aromatic heterocycles. The summed E-state index contributed by atoms with van der Waals surface area (Å²) in [6, 6.07) is 6.18. The largest absolute Gasteiger partial charge is 0.207 e. The number of thiol groups is 1. The van der Waals surface area contributed by atoms with E-state index in [1.165, 1.54) is 6.07 Å². The van der Waals surface area contributed by atoms with Crippen LogP contribution >= 0.6 is 24.2 Å². The molecule has 5 heteroatoms. The minimum absolute atomic E-state index is 0.000833. The molecule has 0 aliphatic rings. The highest BCUT2D eigenvalue weighted by molar-refractivity contribution is 7.80. The first-order valence-corrected chi connectivity index (χ1v) is 6.42. The van der Waals surface area contributed by atoms with Gasteiger partial charge in [0.25, 0.3) is 0 Å². The van der Waals surface area contributed by atoms with Gasteiger partial charge in [-0.1, -0.05) is 29.8 Å². The topological polar surface area (TPSA) is 0 Å². The smallest absolute Gasteiger partial charge is 0.135 e. The molecule has 0 radical (unpaired) electrons. The van der Waals surface area contributed by atoms with Gasteiger partial charge in [-0.05, 0) is 13.0 Å². The molecular weight excluding hydrogens is 293 g/mol. The first kappa shape index (κ1) is 14.3. The predicted octanol–water partition coefficient (Wildman–Crippen LogP) is 5.42. The van der Waals surface area contributed by atoms with E-state index in [0.29, 0.717) is 11.6 Å². The maximum atomic E-state index is 14.3. The molecule has 0 heterocycles. The highest BCUT2D eigenvalue weighted by Gasteiger charge is 2.18. The van der Waals surface area contributed by atoms with Crippen molar-refractivity contribution in [3.05, 3.63) is 58.4 Å². The van der Waals surface area contributed by atoms with Gasteiger partial charge in [-0.15, -0.1) is 0 Å². The predicted molar refractivity (Wildman–Crippen MR) is 74.2 cm³/mol. The van der Waals surface area contributed by atoms with E-state index in [-0.39, 0.29) is 21.4 Å². The van der Waals surface area contributed by atoms with E-state index in [9.17, 15) is 13.2 Å². The van der Waals surface area contributed by atoms with E-state index < -0.39 is 17.5 Å².